The van der Waals surface area contributed by atoms with Gasteiger partial charge in [0.25, 0.3) is 0 Å². The summed E-state index contributed by atoms with van der Waals surface area (Å²) < 4.78 is 0. The minimum atomic E-state index is 0. The molecule has 0 aromatic carbocycles. The van der Waals surface area contributed by atoms with E-state index in [2.05, 4.69) is 0 Å². The molecule has 0 aliphatic rings. The first-order chi connectivity index (χ1) is 0. The van der Waals surface area contributed by atoms with Crippen LogP contribution in [0.1, 0.15) is 0 Å². The van der Waals surface area contributed by atoms with Crippen molar-refractivity contribution in [2.45, 2.75) is 0 Å². The molecular formula is H26Br16K10. The van der Waals surface area contributed by atoms with Crippen molar-refractivity contribution in [2.75, 3.05) is 0 Å². The standard InChI is InChI=1S/16BrH.10K.10H/h16*1H;;;;;;;;;;;;;;;;;;;;. The second kappa shape index (κ2) is 196. The van der Waals surface area contributed by atoms with E-state index >= 15 is 0 Å². The van der Waals surface area contributed by atoms with Gasteiger partial charge in [-0.05, 0) is 0 Å². The van der Waals surface area contributed by atoms with E-state index in [0.29, 0.717) is 0 Å². The van der Waals surface area contributed by atoms with E-state index in [9.17, 15) is 0 Å². The summed E-state index contributed by atoms with van der Waals surface area (Å²) in [5, 5.41) is 0. The van der Waals surface area contributed by atoms with Gasteiger partial charge in [0.15, 0.2) is 0 Å². The summed E-state index contributed by atoms with van der Waals surface area (Å²) in [6.45, 7) is 0. The first kappa shape index (κ1) is 208. The Balaban J connectivity index is 0. The fourth-order valence-corrected chi connectivity index (χ4v) is 0. The number of hydrogen-bond acceptors (Lipinski definition) is 0. The van der Waals surface area contributed by atoms with Crippen molar-refractivity contribution in [2.24, 2.45) is 0 Å². The second-order valence-corrected chi connectivity index (χ2v) is 0. The summed E-state index contributed by atoms with van der Waals surface area (Å²) in [5.74, 6) is 0. The molecule has 148 valence electrons. The average Bonchev–Trinajstić information content (AvgIpc) is 0. The molecular weight excluding hydrogens is 1670 g/mol. The van der Waals surface area contributed by atoms with Gasteiger partial charge in [-0.1, -0.05) is 0 Å². The Labute approximate surface area is 755 Å². The molecule has 0 aliphatic carbocycles. The van der Waals surface area contributed by atoms with E-state index < -0.39 is 0 Å². The van der Waals surface area contributed by atoms with Gasteiger partial charge < -0.3 is 0 Å². The average molecular weight is 1700 g/mol. The molecule has 0 saturated carbocycles. The van der Waals surface area contributed by atoms with E-state index in [4.69, 9.17) is 0 Å². The quantitative estimate of drug-likeness (QED) is 0.328. The summed E-state index contributed by atoms with van der Waals surface area (Å²) >= 11 is 0. The predicted octanol–water partition coefficient (Wildman–Crippen LogP) is 2.76. The first-order valence-electron chi connectivity index (χ1n) is 0. The predicted molar refractivity (Wildman–Crippen MR) is 237 cm³/mol. The minimum absolute atomic E-state index is 0. The molecule has 26 heavy (non-hydrogen) atoms. The Kier molecular flexibility index (Phi) is 1570. The molecule has 0 heterocycles. The van der Waals surface area contributed by atoms with Crippen LogP contribution in [0.15, 0.2) is 0 Å². The normalized spacial score (nSPS) is 0. The van der Waals surface area contributed by atoms with Crippen LogP contribution in [-0.4, -0.2) is 514 Å². The molecule has 0 atom stereocenters. The summed E-state index contributed by atoms with van der Waals surface area (Å²) in [6.07, 6.45) is 0. The number of rotatable bonds is 0. The monoisotopic (exact) mass is 1680 g/mol. The van der Waals surface area contributed by atoms with E-state index in [1.807, 2.05) is 0 Å². The third-order valence-electron chi connectivity index (χ3n) is 0. The number of halogens is 16. The van der Waals surface area contributed by atoms with Gasteiger partial charge in [-0.2, -0.15) is 0 Å². The van der Waals surface area contributed by atoms with Crippen LogP contribution in [-0.2, 0) is 0 Å². The molecule has 0 saturated heterocycles. The van der Waals surface area contributed by atoms with Crippen molar-refractivity contribution in [1.29, 1.82) is 0 Å². The summed E-state index contributed by atoms with van der Waals surface area (Å²) in [5.41, 5.74) is 0. The molecule has 0 fully saturated rings. The molecule has 0 N–H and O–H groups in total. The summed E-state index contributed by atoms with van der Waals surface area (Å²) in [6, 6.07) is 0. The van der Waals surface area contributed by atoms with Crippen LogP contribution in [0.2, 0.25) is 0 Å². The van der Waals surface area contributed by atoms with Crippen molar-refractivity contribution in [1.82, 2.24) is 0 Å². The van der Waals surface area contributed by atoms with Gasteiger partial charge >= 0.3 is 514 Å². The fourth-order valence-electron chi connectivity index (χ4n) is 0. The third kappa shape index (κ3) is 184. The molecule has 0 aromatic rings. The number of hydrogen-bond donors (Lipinski definition) is 0. The Bertz CT molecular complexity index is 25.0. The van der Waals surface area contributed by atoms with Crippen LogP contribution in [0.4, 0.5) is 0 Å². The molecule has 0 aliphatic heterocycles. The summed E-state index contributed by atoms with van der Waals surface area (Å²) in [4.78, 5) is 0. The molecule has 0 nitrogen and oxygen atoms in total. The van der Waals surface area contributed by atoms with E-state index in [1.54, 1.807) is 0 Å². The van der Waals surface area contributed by atoms with E-state index in [0.717, 1.165) is 0 Å². The van der Waals surface area contributed by atoms with Gasteiger partial charge in [0, 0.05) is 0 Å². The van der Waals surface area contributed by atoms with E-state index in [1.165, 1.54) is 0 Å². The van der Waals surface area contributed by atoms with E-state index in [-0.39, 0.29) is 786 Å². The van der Waals surface area contributed by atoms with Crippen LogP contribution >= 0.6 is 272 Å². The third-order valence-corrected chi connectivity index (χ3v) is 0. The molecule has 0 aromatic heterocycles. The Morgan fingerprint density at radius 3 is 0.0769 bits per heavy atom. The van der Waals surface area contributed by atoms with Gasteiger partial charge in [-0.25, -0.2) is 0 Å². The van der Waals surface area contributed by atoms with Crippen LogP contribution < -0.4 is 0 Å². The molecule has 0 unspecified atom stereocenters. The van der Waals surface area contributed by atoms with Gasteiger partial charge in [-0.15, -0.1) is 272 Å². The molecule has 0 amide bonds. The maximum atomic E-state index is 0. The maximum absolute atomic E-state index is 0. The topological polar surface area (TPSA) is 0 Å². The Morgan fingerprint density at radius 1 is 0.0769 bits per heavy atom. The second-order valence-electron chi connectivity index (χ2n) is 0. The molecule has 0 rings (SSSR count). The Morgan fingerprint density at radius 2 is 0.0769 bits per heavy atom. The zero-order valence-electron chi connectivity index (χ0n) is 6.53. The molecule has 26 heteroatoms. The van der Waals surface area contributed by atoms with Crippen molar-refractivity contribution >= 4 is 786 Å². The molecule has 0 spiro atoms. The molecule has 0 radical (unpaired) electrons. The summed E-state index contributed by atoms with van der Waals surface area (Å²) in [7, 11) is 0. The van der Waals surface area contributed by atoms with Crippen molar-refractivity contribution in [3.8, 4) is 0 Å². The zero-order valence-corrected chi connectivity index (χ0v) is 33.9. The van der Waals surface area contributed by atoms with Gasteiger partial charge in [0.2, 0.25) is 0 Å². The van der Waals surface area contributed by atoms with Gasteiger partial charge in [0.05, 0.1) is 0 Å². The van der Waals surface area contributed by atoms with Crippen LogP contribution in [0.25, 0.3) is 0 Å². The van der Waals surface area contributed by atoms with Crippen LogP contribution in [0.3, 0.4) is 0 Å². The van der Waals surface area contributed by atoms with Crippen LogP contribution in [0.5, 0.6) is 0 Å². The van der Waals surface area contributed by atoms with Gasteiger partial charge in [0.1, 0.15) is 0 Å². The SMILES string of the molecule is Br.Br.Br.Br.Br.Br.Br.Br.Br.Br.Br.Br.Br.Br.Br.Br.[KH].[KH].[KH].[KH].[KH].[KH].[KH].[KH].[KH].[KH]. The van der Waals surface area contributed by atoms with Gasteiger partial charge in [-0.3, -0.25) is 0 Å². The fraction of sp³-hybridized carbons (Fsp3) is 0. The van der Waals surface area contributed by atoms with Crippen molar-refractivity contribution < 1.29 is 0 Å². The zero-order chi connectivity index (χ0) is 0. The first-order valence-corrected chi connectivity index (χ1v) is 0. The molecule has 0 bridgehead atoms. The van der Waals surface area contributed by atoms with Crippen molar-refractivity contribution in [3.05, 3.63) is 0 Å². The Hall–Kier alpha value is 24.0. The van der Waals surface area contributed by atoms with Crippen LogP contribution in [0, 0.1) is 0 Å². The van der Waals surface area contributed by atoms with Crippen molar-refractivity contribution in [3.63, 3.8) is 0 Å².